The second-order valence-electron chi connectivity index (χ2n) is 4.78. The van der Waals surface area contributed by atoms with Crippen molar-refractivity contribution >= 4 is 10.8 Å². The van der Waals surface area contributed by atoms with Gasteiger partial charge >= 0.3 is 0 Å². The molecule has 4 atom stereocenters. The minimum Gasteiger partial charge on any atom is -0.385 e. The van der Waals surface area contributed by atoms with Crippen LogP contribution in [0.2, 0.25) is 0 Å². The quantitative estimate of drug-likeness (QED) is 0.724. The number of nitrogens with one attached hydrogen (secondary N) is 1. The molecule has 0 aliphatic heterocycles. The summed E-state index contributed by atoms with van der Waals surface area (Å²) in [7, 11) is 2.98. The van der Waals surface area contributed by atoms with Crippen LogP contribution < -0.4 is 5.32 Å². The molecule has 1 aliphatic rings. The highest BCUT2D eigenvalue weighted by atomic mass is 32.2. The highest BCUT2D eigenvalue weighted by molar-refractivity contribution is 7.85. The maximum Gasteiger partial charge on any atom is 0.0503 e. The molecular formula is C12H25NO2S. The van der Waals surface area contributed by atoms with E-state index < -0.39 is 10.8 Å². The summed E-state index contributed by atoms with van der Waals surface area (Å²) in [5.74, 6) is 1.50. The zero-order valence-corrected chi connectivity index (χ0v) is 11.5. The first-order valence-electron chi connectivity index (χ1n) is 6.22. The summed E-state index contributed by atoms with van der Waals surface area (Å²) in [4.78, 5) is 0. The predicted octanol–water partition coefficient (Wildman–Crippen LogP) is 1.55. The molecule has 1 N–H and O–H groups in total. The van der Waals surface area contributed by atoms with Gasteiger partial charge in [-0.1, -0.05) is 6.92 Å². The van der Waals surface area contributed by atoms with Gasteiger partial charge in [-0.3, -0.25) is 4.21 Å². The van der Waals surface area contributed by atoms with Crippen molar-refractivity contribution in [1.29, 1.82) is 0 Å². The van der Waals surface area contributed by atoms with E-state index in [1.165, 1.54) is 12.8 Å². The van der Waals surface area contributed by atoms with E-state index in [0.717, 1.165) is 31.1 Å². The molecular weight excluding hydrogens is 222 g/mol. The van der Waals surface area contributed by atoms with Crippen molar-refractivity contribution in [2.45, 2.75) is 43.9 Å². The van der Waals surface area contributed by atoms with Crippen molar-refractivity contribution in [1.82, 2.24) is 5.32 Å². The minimum absolute atomic E-state index is 0.339. The maximum absolute atomic E-state index is 12.2. The number of ether oxygens (including phenoxy) is 1. The summed E-state index contributed by atoms with van der Waals surface area (Å²) < 4.78 is 17.2. The van der Waals surface area contributed by atoms with Crippen LogP contribution in [0.15, 0.2) is 0 Å². The Morgan fingerprint density at radius 2 is 2.19 bits per heavy atom. The second kappa shape index (κ2) is 7.41. The summed E-state index contributed by atoms with van der Waals surface area (Å²) in [5, 5.41) is 3.66. The van der Waals surface area contributed by atoms with Crippen molar-refractivity contribution in [3.05, 3.63) is 0 Å². The Kier molecular flexibility index (Phi) is 6.54. The molecule has 0 radical (unpaired) electrons. The van der Waals surface area contributed by atoms with Crippen LogP contribution in [0.4, 0.5) is 0 Å². The van der Waals surface area contributed by atoms with Gasteiger partial charge in [0.25, 0.3) is 0 Å². The molecule has 0 aromatic rings. The topological polar surface area (TPSA) is 38.3 Å². The van der Waals surface area contributed by atoms with Gasteiger partial charge in [0.1, 0.15) is 0 Å². The Hall–Kier alpha value is 0.0700. The summed E-state index contributed by atoms with van der Waals surface area (Å²) in [6.07, 6.45) is 4.44. The average molecular weight is 247 g/mol. The molecule has 1 saturated carbocycles. The lowest BCUT2D eigenvalue weighted by Crippen LogP contribution is -2.45. The lowest BCUT2D eigenvalue weighted by Gasteiger charge is -2.34. The van der Waals surface area contributed by atoms with Crippen LogP contribution in [-0.2, 0) is 15.5 Å². The van der Waals surface area contributed by atoms with Crippen molar-refractivity contribution in [2.24, 2.45) is 5.92 Å². The monoisotopic (exact) mass is 247 g/mol. The number of hydrogen-bond donors (Lipinski definition) is 1. The summed E-state index contributed by atoms with van der Waals surface area (Å²) in [6.45, 7) is 2.99. The first kappa shape index (κ1) is 14.1. The zero-order chi connectivity index (χ0) is 12.0. The summed E-state index contributed by atoms with van der Waals surface area (Å²) >= 11 is 0. The molecule has 1 fully saturated rings. The van der Waals surface area contributed by atoms with Crippen molar-refractivity contribution in [2.75, 3.05) is 26.5 Å². The summed E-state index contributed by atoms with van der Waals surface area (Å²) in [6, 6.07) is 0.444. The van der Waals surface area contributed by atoms with Gasteiger partial charge in [-0.2, -0.15) is 0 Å². The third-order valence-electron chi connectivity index (χ3n) is 3.46. The number of rotatable bonds is 6. The van der Waals surface area contributed by atoms with E-state index in [1.807, 2.05) is 7.05 Å². The Bertz CT molecular complexity index is 223. The van der Waals surface area contributed by atoms with Crippen molar-refractivity contribution < 1.29 is 8.95 Å². The highest BCUT2D eigenvalue weighted by Gasteiger charge is 2.31. The lowest BCUT2D eigenvalue weighted by molar-refractivity contribution is 0.199. The fourth-order valence-corrected chi connectivity index (χ4v) is 4.33. The van der Waals surface area contributed by atoms with Crippen LogP contribution in [-0.4, -0.2) is 42.0 Å². The van der Waals surface area contributed by atoms with Crippen molar-refractivity contribution in [3.63, 3.8) is 0 Å². The Labute approximate surface area is 102 Å². The Balaban J connectivity index is 2.43. The van der Waals surface area contributed by atoms with Gasteiger partial charge in [0.2, 0.25) is 0 Å². The van der Waals surface area contributed by atoms with Gasteiger partial charge in [-0.05, 0) is 38.6 Å². The fraction of sp³-hybridized carbons (Fsp3) is 1.00. The SMILES string of the molecule is CNC1CCC(C)CC1S(=O)CCCOC. The molecule has 96 valence electrons. The van der Waals surface area contributed by atoms with E-state index in [2.05, 4.69) is 12.2 Å². The molecule has 0 aromatic carbocycles. The van der Waals surface area contributed by atoms with Gasteiger partial charge in [-0.15, -0.1) is 0 Å². The molecule has 0 bridgehead atoms. The molecule has 1 aliphatic carbocycles. The van der Waals surface area contributed by atoms with Crippen LogP contribution in [0, 0.1) is 5.92 Å². The Morgan fingerprint density at radius 1 is 1.44 bits per heavy atom. The van der Waals surface area contributed by atoms with Gasteiger partial charge in [0.15, 0.2) is 0 Å². The normalized spacial score (nSPS) is 32.6. The van der Waals surface area contributed by atoms with Gasteiger partial charge in [0.05, 0.1) is 5.25 Å². The molecule has 0 aromatic heterocycles. The number of methoxy groups -OCH3 is 1. The van der Waals surface area contributed by atoms with Crippen LogP contribution in [0.3, 0.4) is 0 Å². The third-order valence-corrected chi connectivity index (χ3v) is 5.34. The molecule has 4 heteroatoms. The van der Waals surface area contributed by atoms with Crippen molar-refractivity contribution in [3.8, 4) is 0 Å². The fourth-order valence-electron chi connectivity index (χ4n) is 2.45. The standard InChI is InChI=1S/C12H25NO2S/c1-10-5-6-11(13-2)12(9-10)16(14)8-4-7-15-3/h10-13H,4-9H2,1-3H3. The van der Waals surface area contributed by atoms with E-state index in [4.69, 9.17) is 4.74 Å². The smallest absolute Gasteiger partial charge is 0.0503 e. The largest absolute Gasteiger partial charge is 0.385 e. The number of hydrogen-bond acceptors (Lipinski definition) is 3. The van der Waals surface area contributed by atoms with Crippen LogP contribution in [0.1, 0.15) is 32.6 Å². The van der Waals surface area contributed by atoms with Gasteiger partial charge in [-0.25, -0.2) is 0 Å². The molecule has 4 unspecified atom stereocenters. The molecule has 16 heavy (non-hydrogen) atoms. The Morgan fingerprint density at radius 3 is 2.81 bits per heavy atom. The second-order valence-corrected chi connectivity index (χ2v) is 6.56. The van der Waals surface area contributed by atoms with E-state index >= 15 is 0 Å². The molecule has 1 rings (SSSR count). The third kappa shape index (κ3) is 4.15. The van der Waals surface area contributed by atoms with E-state index in [0.29, 0.717) is 11.3 Å². The van der Waals surface area contributed by atoms with E-state index in [9.17, 15) is 4.21 Å². The molecule has 0 heterocycles. The predicted molar refractivity (Wildman–Crippen MR) is 69.2 cm³/mol. The van der Waals surface area contributed by atoms with E-state index in [1.54, 1.807) is 7.11 Å². The first-order valence-corrected chi connectivity index (χ1v) is 7.60. The summed E-state index contributed by atoms with van der Waals surface area (Å²) in [5.41, 5.74) is 0. The molecule has 0 amide bonds. The van der Waals surface area contributed by atoms with Crippen LogP contribution in [0.5, 0.6) is 0 Å². The molecule has 0 spiro atoms. The minimum atomic E-state index is -0.701. The maximum atomic E-state index is 12.2. The molecule has 3 nitrogen and oxygen atoms in total. The first-order chi connectivity index (χ1) is 7.69. The highest BCUT2D eigenvalue weighted by Crippen LogP contribution is 2.27. The van der Waals surface area contributed by atoms with Crippen LogP contribution in [0.25, 0.3) is 0 Å². The van der Waals surface area contributed by atoms with Crippen LogP contribution >= 0.6 is 0 Å². The average Bonchev–Trinajstić information content (AvgIpc) is 2.29. The van der Waals surface area contributed by atoms with Gasteiger partial charge in [0, 0.05) is 36.3 Å². The van der Waals surface area contributed by atoms with Gasteiger partial charge < -0.3 is 10.1 Å². The zero-order valence-electron chi connectivity index (χ0n) is 10.7. The molecule has 0 saturated heterocycles. The lowest BCUT2D eigenvalue weighted by atomic mass is 9.87. The van der Waals surface area contributed by atoms with E-state index in [-0.39, 0.29) is 0 Å².